The van der Waals surface area contributed by atoms with Crippen molar-refractivity contribution in [2.45, 2.75) is 52.1 Å². The molecule has 2 unspecified atom stereocenters. The summed E-state index contributed by atoms with van der Waals surface area (Å²) >= 11 is 0. The van der Waals surface area contributed by atoms with Crippen LogP contribution in [0.15, 0.2) is 39.9 Å². The Kier molecular flexibility index (Phi) is 8.44. The van der Waals surface area contributed by atoms with Gasteiger partial charge in [-0.2, -0.15) is 0 Å². The Morgan fingerprint density at radius 3 is 2.53 bits per heavy atom. The molecule has 2 heterocycles. The van der Waals surface area contributed by atoms with Crippen LogP contribution in [-0.4, -0.2) is 51.4 Å². The Morgan fingerprint density at radius 2 is 1.85 bits per heavy atom. The fraction of sp³-hybridized carbons (Fsp3) is 0.520. The predicted molar refractivity (Wildman–Crippen MR) is 132 cm³/mol. The lowest BCUT2D eigenvalue weighted by Gasteiger charge is -2.37. The Hall–Kier alpha value is -3.20. The topological polar surface area (TPSA) is 119 Å². The van der Waals surface area contributed by atoms with Crippen LogP contribution in [0.4, 0.5) is 5.82 Å². The number of anilines is 1. The third kappa shape index (κ3) is 5.64. The van der Waals surface area contributed by atoms with E-state index in [0.717, 1.165) is 35.8 Å². The van der Waals surface area contributed by atoms with Crippen molar-refractivity contribution in [2.24, 2.45) is 13.0 Å². The van der Waals surface area contributed by atoms with Crippen molar-refractivity contribution in [3.8, 4) is 0 Å². The zero-order valence-corrected chi connectivity index (χ0v) is 20.3. The number of piperidine rings is 1. The largest absolute Gasteiger partial charge is 0.384 e. The molecule has 2 atom stereocenters. The van der Waals surface area contributed by atoms with E-state index in [9.17, 15) is 19.2 Å². The summed E-state index contributed by atoms with van der Waals surface area (Å²) < 4.78 is 2.18. The van der Waals surface area contributed by atoms with Crippen molar-refractivity contribution in [3.05, 3.63) is 62.3 Å². The van der Waals surface area contributed by atoms with Gasteiger partial charge in [-0.25, -0.2) is 4.79 Å². The van der Waals surface area contributed by atoms with Gasteiger partial charge in [0.1, 0.15) is 11.4 Å². The molecule has 1 aliphatic rings. The Morgan fingerprint density at radius 1 is 1.15 bits per heavy atom. The van der Waals surface area contributed by atoms with Gasteiger partial charge in [-0.3, -0.25) is 28.4 Å². The molecule has 9 heteroatoms. The van der Waals surface area contributed by atoms with Gasteiger partial charge in [0.15, 0.2) is 5.78 Å². The van der Waals surface area contributed by atoms with E-state index < -0.39 is 17.0 Å². The molecule has 1 saturated heterocycles. The van der Waals surface area contributed by atoms with E-state index in [1.807, 2.05) is 42.2 Å². The van der Waals surface area contributed by atoms with Crippen molar-refractivity contribution in [1.29, 1.82) is 0 Å². The van der Waals surface area contributed by atoms with E-state index in [0.29, 0.717) is 13.1 Å². The minimum Gasteiger partial charge on any atom is -0.384 e. The van der Waals surface area contributed by atoms with Gasteiger partial charge in [-0.05, 0) is 31.7 Å². The second kappa shape index (κ2) is 11.3. The number of Topliss-reactive ketones (excluding diaryl/α,β-unsaturated/α-hetero) is 1. The number of ketones is 1. The lowest BCUT2D eigenvalue weighted by Crippen LogP contribution is -2.50. The first-order chi connectivity index (χ1) is 16.2. The zero-order valence-electron chi connectivity index (χ0n) is 20.3. The summed E-state index contributed by atoms with van der Waals surface area (Å²) in [4.78, 5) is 53.4. The molecule has 1 amide bonds. The van der Waals surface area contributed by atoms with E-state index in [4.69, 9.17) is 5.73 Å². The summed E-state index contributed by atoms with van der Waals surface area (Å²) in [6.07, 6.45) is 3.47. The minimum atomic E-state index is -0.699. The van der Waals surface area contributed by atoms with E-state index in [2.05, 4.69) is 12.2 Å². The van der Waals surface area contributed by atoms with Crippen LogP contribution in [0.5, 0.6) is 0 Å². The molecule has 34 heavy (non-hydrogen) atoms. The molecule has 0 saturated carbocycles. The van der Waals surface area contributed by atoms with Crippen molar-refractivity contribution < 1.29 is 9.59 Å². The van der Waals surface area contributed by atoms with Crippen LogP contribution in [0.3, 0.4) is 0 Å². The van der Waals surface area contributed by atoms with E-state index >= 15 is 0 Å². The fourth-order valence-electron chi connectivity index (χ4n) is 4.37. The maximum Gasteiger partial charge on any atom is 0.332 e. The molecule has 184 valence electrons. The molecule has 0 radical (unpaired) electrons. The fourth-order valence-corrected chi connectivity index (χ4v) is 4.37. The highest BCUT2D eigenvalue weighted by atomic mass is 16.2. The third-order valence-electron chi connectivity index (χ3n) is 6.60. The van der Waals surface area contributed by atoms with Gasteiger partial charge in [-0.15, -0.1) is 0 Å². The van der Waals surface area contributed by atoms with Gasteiger partial charge in [0, 0.05) is 26.2 Å². The number of nitrogens with one attached hydrogen (secondary N) is 1. The van der Waals surface area contributed by atoms with Crippen molar-refractivity contribution >= 4 is 17.5 Å². The lowest BCUT2D eigenvalue weighted by atomic mass is 9.92. The Labute approximate surface area is 199 Å². The lowest BCUT2D eigenvalue weighted by molar-refractivity contribution is -0.127. The van der Waals surface area contributed by atoms with Gasteiger partial charge in [-0.1, -0.05) is 43.7 Å². The summed E-state index contributed by atoms with van der Waals surface area (Å²) in [6.45, 7) is 5.28. The van der Waals surface area contributed by atoms with Gasteiger partial charge in [0.2, 0.25) is 5.91 Å². The smallest absolute Gasteiger partial charge is 0.332 e. The molecule has 0 bridgehead atoms. The number of rotatable bonds is 9. The van der Waals surface area contributed by atoms with Crippen LogP contribution in [-0.2, 0) is 18.4 Å². The molecule has 2 aromatic rings. The van der Waals surface area contributed by atoms with Crippen LogP contribution >= 0.6 is 0 Å². The van der Waals surface area contributed by atoms with Crippen LogP contribution in [0.25, 0.3) is 0 Å². The van der Waals surface area contributed by atoms with Gasteiger partial charge in [0.05, 0.1) is 19.0 Å². The van der Waals surface area contributed by atoms with Crippen LogP contribution in [0, 0.1) is 5.92 Å². The molecule has 1 aromatic heterocycles. The van der Waals surface area contributed by atoms with Crippen molar-refractivity contribution in [2.75, 3.05) is 25.4 Å². The maximum atomic E-state index is 13.3. The van der Waals surface area contributed by atoms with Gasteiger partial charge in [0.25, 0.3) is 5.56 Å². The molecule has 1 aromatic carbocycles. The number of benzene rings is 1. The molecular formula is C25H35N5O4. The first kappa shape index (κ1) is 25.4. The summed E-state index contributed by atoms with van der Waals surface area (Å²) in [7, 11) is 1.35. The number of nitrogens with two attached hydrogens (primary N) is 1. The predicted octanol–water partition coefficient (Wildman–Crippen LogP) is 1.38. The Balaban J connectivity index is 1.82. The number of likely N-dealkylation sites (tertiary alicyclic amines) is 1. The average Bonchev–Trinajstić information content (AvgIpc) is 2.82. The number of hydrogen-bond acceptors (Lipinski definition) is 6. The Bertz CT molecular complexity index is 1140. The third-order valence-corrected chi connectivity index (χ3v) is 6.60. The number of unbranched alkanes of at least 4 members (excludes halogenated alkanes) is 1. The van der Waals surface area contributed by atoms with Crippen molar-refractivity contribution in [1.82, 2.24) is 19.4 Å². The average molecular weight is 470 g/mol. The first-order valence-electron chi connectivity index (χ1n) is 11.9. The SMILES string of the molecule is CCCCNC(=O)C1CCC(C)N(CC(=O)c2c(N)n(Cc3ccccc3)c(=O)n(C)c2=O)C1. The van der Waals surface area contributed by atoms with E-state index in [1.165, 1.54) is 11.6 Å². The summed E-state index contributed by atoms with van der Waals surface area (Å²) in [5, 5.41) is 2.97. The highest BCUT2D eigenvalue weighted by Crippen LogP contribution is 2.23. The first-order valence-corrected chi connectivity index (χ1v) is 11.9. The van der Waals surface area contributed by atoms with Crippen LogP contribution in [0.1, 0.15) is 55.5 Å². The van der Waals surface area contributed by atoms with E-state index in [-0.39, 0.29) is 42.3 Å². The molecular weight excluding hydrogens is 434 g/mol. The van der Waals surface area contributed by atoms with Crippen LogP contribution < -0.4 is 22.3 Å². The molecule has 3 rings (SSSR count). The van der Waals surface area contributed by atoms with Crippen LogP contribution in [0.2, 0.25) is 0 Å². The van der Waals surface area contributed by atoms with E-state index in [1.54, 1.807) is 0 Å². The second-order valence-electron chi connectivity index (χ2n) is 9.10. The minimum absolute atomic E-state index is 0.00429. The highest BCUT2D eigenvalue weighted by Gasteiger charge is 2.32. The quantitative estimate of drug-likeness (QED) is 0.423. The molecule has 3 N–H and O–H groups in total. The number of nitrogens with zero attached hydrogens (tertiary/aromatic N) is 3. The highest BCUT2D eigenvalue weighted by molar-refractivity contribution is 6.01. The molecule has 1 fully saturated rings. The number of amides is 1. The number of carbonyl (C=O) groups is 2. The molecule has 9 nitrogen and oxygen atoms in total. The summed E-state index contributed by atoms with van der Waals surface area (Å²) in [5.74, 6) is -0.767. The molecule has 1 aliphatic heterocycles. The number of nitrogen functional groups attached to an aromatic ring is 1. The number of hydrogen-bond donors (Lipinski definition) is 2. The normalized spacial score (nSPS) is 18.6. The zero-order chi connectivity index (χ0) is 24.8. The van der Waals surface area contributed by atoms with Crippen molar-refractivity contribution in [3.63, 3.8) is 0 Å². The van der Waals surface area contributed by atoms with Gasteiger partial charge >= 0.3 is 5.69 Å². The maximum absolute atomic E-state index is 13.3. The monoisotopic (exact) mass is 469 g/mol. The number of aromatic nitrogens is 2. The number of carbonyl (C=O) groups excluding carboxylic acids is 2. The summed E-state index contributed by atoms with van der Waals surface area (Å²) in [6, 6.07) is 9.33. The van der Waals surface area contributed by atoms with Gasteiger partial charge < -0.3 is 11.1 Å². The standard InChI is InChI=1S/C25H35N5O4/c1-4-5-13-27-23(32)19-12-11-17(2)29(15-19)16-20(31)21-22(26)30(25(34)28(3)24(21)33)14-18-9-7-6-8-10-18/h6-10,17,19H,4-5,11-16,26H2,1-3H3,(H,27,32). The summed E-state index contributed by atoms with van der Waals surface area (Å²) in [5.41, 5.74) is 5.61. The molecule has 0 aliphatic carbocycles. The molecule has 0 spiro atoms. The second-order valence-corrected chi connectivity index (χ2v) is 9.10.